The number of carbonyl (C=O) groups excluding carboxylic acids is 1. The van der Waals surface area contributed by atoms with Crippen LogP contribution in [0.2, 0.25) is 0 Å². The molecule has 0 aromatic heterocycles. The van der Waals surface area contributed by atoms with Gasteiger partial charge in [-0.05, 0) is 29.9 Å². The molecule has 4 aliphatic rings. The van der Waals surface area contributed by atoms with E-state index in [1.54, 1.807) is 0 Å². The van der Waals surface area contributed by atoms with Crippen molar-refractivity contribution in [2.24, 2.45) is 5.92 Å². The number of esters is 1. The molecule has 0 N–H and O–H groups in total. The van der Waals surface area contributed by atoms with E-state index in [1.165, 1.54) is 43.3 Å². The van der Waals surface area contributed by atoms with Gasteiger partial charge in [0.25, 0.3) is 0 Å². The Bertz CT molecular complexity index is 977. The minimum Gasteiger partial charge on any atom is -0.459 e. The maximum atomic E-state index is 14.4. The zero-order valence-electron chi connectivity index (χ0n) is 21.2. The van der Waals surface area contributed by atoms with E-state index >= 15 is 0 Å². The number of ether oxygens (including phenoxy) is 2. The maximum Gasteiger partial charge on any atom is 0.348 e. The lowest BCUT2D eigenvalue weighted by Gasteiger charge is -2.47. The van der Waals surface area contributed by atoms with Crippen LogP contribution < -0.4 is 0 Å². The standard InChI is InChI=1S/C31H39ClNO3/c32-29(23-11-7-8-12-23)36-31(24-13-3-1-4-14-24,25-15-5-2-6-16-25)30(34)35-28-21-26-17-18-27(22-28)33(26)19-9-10-20-33/h1-6,13-16,23,26-29H,7-12,17-22H2/q+1. The van der Waals surface area contributed by atoms with Crippen LogP contribution in [0.4, 0.5) is 0 Å². The quantitative estimate of drug-likeness (QED) is 0.242. The predicted molar refractivity (Wildman–Crippen MR) is 142 cm³/mol. The third kappa shape index (κ3) is 4.19. The average Bonchev–Trinajstić information content (AvgIpc) is 3.66. The van der Waals surface area contributed by atoms with Gasteiger partial charge in [-0.3, -0.25) is 0 Å². The van der Waals surface area contributed by atoms with Gasteiger partial charge in [0.05, 0.1) is 25.2 Å². The average molecular weight is 509 g/mol. The number of rotatable bonds is 7. The van der Waals surface area contributed by atoms with Crippen molar-refractivity contribution >= 4 is 17.6 Å². The summed E-state index contributed by atoms with van der Waals surface area (Å²) in [6, 6.07) is 20.9. The van der Waals surface area contributed by atoms with Gasteiger partial charge in [-0.15, -0.1) is 0 Å². The predicted octanol–water partition coefficient (Wildman–Crippen LogP) is 6.55. The molecule has 2 aromatic carbocycles. The second-order valence-corrected chi connectivity index (χ2v) is 12.0. The number of halogens is 1. The Hall–Kier alpha value is -1.88. The number of benzene rings is 2. The lowest BCUT2D eigenvalue weighted by atomic mass is 9.85. The number of nitrogens with zero attached hydrogens (tertiary/aromatic N) is 1. The van der Waals surface area contributed by atoms with E-state index in [9.17, 15) is 4.79 Å². The Kier molecular flexibility index (Phi) is 6.87. The Morgan fingerprint density at radius 2 is 1.33 bits per heavy atom. The first-order valence-corrected chi connectivity index (χ1v) is 14.6. The number of hydrogen-bond donors (Lipinski definition) is 0. The highest BCUT2D eigenvalue weighted by Gasteiger charge is 2.57. The minimum absolute atomic E-state index is 0.0602. The summed E-state index contributed by atoms with van der Waals surface area (Å²) in [5.74, 6) is -0.0702. The molecular formula is C31H39ClNO3+. The lowest BCUT2D eigenvalue weighted by Crippen LogP contribution is -2.60. The molecule has 3 saturated heterocycles. The Morgan fingerprint density at radius 3 is 1.86 bits per heavy atom. The fourth-order valence-corrected chi connectivity index (χ4v) is 8.34. The molecule has 1 aliphatic carbocycles. The summed E-state index contributed by atoms with van der Waals surface area (Å²) in [4.78, 5) is 14.4. The van der Waals surface area contributed by atoms with Crippen molar-refractivity contribution in [3.8, 4) is 0 Å². The van der Waals surface area contributed by atoms with E-state index in [4.69, 9.17) is 21.1 Å². The van der Waals surface area contributed by atoms with Crippen molar-refractivity contribution < 1.29 is 18.8 Å². The summed E-state index contributed by atoms with van der Waals surface area (Å²) in [6.45, 7) is 2.62. The van der Waals surface area contributed by atoms with Crippen LogP contribution in [0, 0.1) is 5.92 Å². The molecule has 5 heteroatoms. The zero-order valence-corrected chi connectivity index (χ0v) is 22.0. The minimum atomic E-state index is -1.38. The normalized spacial score (nSPS) is 28.4. The van der Waals surface area contributed by atoms with Crippen LogP contribution in [0.15, 0.2) is 60.7 Å². The van der Waals surface area contributed by atoms with Crippen molar-refractivity contribution in [3.05, 3.63) is 71.8 Å². The lowest BCUT2D eigenvalue weighted by molar-refractivity contribution is -0.956. The number of quaternary nitrogens is 1. The Balaban J connectivity index is 1.33. The summed E-state index contributed by atoms with van der Waals surface area (Å²) in [5.41, 5.74) is -0.367. The van der Waals surface area contributed by atoms with Gasteiger partial charge >= 0.3 is 5.97 Å². The van der Waals surface area contributed by atoms with Gasteiger partial charge < -0.3 is 14.0 Å². The molecule has 4 nitrogen and oxygen atoms in total. The highest BCUT2D eigenvalue weighted by molar-refractivity contribution is 6.20. The van der Waals surface area contributed by atoms with Crippen molar-refractivity contribution in [1.82, 2.24) is 0 Å². The molecule has 3 heterocycles. The molecule has 2 bridgehead atoms. The van der Waals surface area contributed by atoms with Crippen LogP contribution in [0.25, 0.3) is 0 Å². The van der Waals surface area contributed by atoms with Crippen molar-refractivity contribution in [2.75, 3.05) is 13.1 Å². The van der Waals surface area contributed by atoms with Crippen LogP contribution in [-0.4, -0.2) is 47.3 Å². The number of alkyl halides is 1. The van der Waals surface area contributed by atoms with Crippen LogP contribution in [-0.2, 0) is 19.9 Å². The largest absolute Gasteiger partial charge is 0.459 e. The van der Waals surface area contributed by atoms with Crippen LogP contribution >= 0.6 is 11.6 Å². The van der Waals surface area contributed by atoms with Gasteiger partial charge in [0.15, 0.2) is 0 Å². The second-order valence-electron chi connectivity index (χ2n) is 11.6. The first-order valence-electron chi connectivity index (χ1n) is 14.1. The Labute approximate surface area is 220 Å². The van der Waals surface area contributed by atoms with Gasteiger partial charge in [0.1, 0.15) is 11.7 Å². The molecule has 36 heavy (non-hydrogen) atoms. The van der Waals surface area contributed by atoms with E-state index in [1.807, 2.05) is 60.7 Å². The third-order valence-electron chi connectivity index (χ3n) is 9.74. The summed E-state index contributed by atoms with van der Waals surface area (Å²) in [5, 5.41) is 0. The van der Waals surface area contributed by atoms with Gasteiger partial charge in [0, 0.05) is 38.5 Å². The molecule has 2 aromatic rings. The van der Waals surface area contributed by atoms with Gasteiger partial charge in [-0.1, -0.05) is 85.1 Å². The number of hydrogen-bond acceptors (Lipinski definition) is 3. The van der Waals surface area contributed by atoms with Gasteiger partial charge in [-0.2, -0.15) is 0 Å². The summed E-state index contributed by atoms with van der Waals surface area (Å²) >= 11 is 6.96. The Morgan fingerprint density at radius 1 is 0.806 bits per heavy atom. The third-order valence-corrected chi connectivity index (χ3v) is 10.2. The number of piperidine rings is 1. The fourth-order valence-electron chi connectivity index (χ4n) is 7.96. The smallest absolute Gasteiger partial charge is 0.348 e. The molecule has 3 atom stereocenters. The fraction of sp³-hybridized carbons (Fsp3) is 0.581. The highest BCUT2D eigenvalue weighted by atomic mass is 35.5. The monoisotopic (exact) mass is 508 g/mol. The number of carbonyl (C=O) groups is 1. The van der Waals surface area contributed by atoms with Crippen LogP contribution in [0.3, 0.4) is 0 Å². The summed E-state index contributed by atoms with van der Waals surface area (Å²) < 4.78 is 14.5. The molecule has 0 radical (unpaired) electrons. The SMILES string of the molecule is O=C(OC1CC2CCC(C1)[N+]21CCCC1)C(OC(Cl)C1CCCC1)(c1ccccc1)c1ccccc1. The molecule has 0 amide bonds. The summed E-state index contributed by atoms with van der Waals surface area (Å²) in [7, 11) is 0. The van der Waals surface area contributed by atoms with Gasteiger partial charge in [0.2, 0.25) is 5.60 Å². The van der Waals surface area contributed by atoms with E-state index in [0.717, 1.165) is 49.7 Å². The second kappa shape index (κ2) is 10.1. The van der Waals surface area contributed by atoms with Crippen molar-refractivity contribution in [3.63, 3.8) is 0 Å². The van der Waals surface area contributed by atoms with Crippen LogP contribution in [0.1, 0.15) is 75.3 Å². The van der Waals surface area contributed by atoms with Crippen LogP contribution in [0.5, 0.6) is 0 Å². The molecule has 4 fully saturated rings. The summed E-state index contributed by atoms with van der Waals surface area (Å²) in [6.07, 6.45) is 11.5. The zero-order chi connectivity index (χ0) is 24.6. The molecular weight excluding hydrogens is 470 g/mol. The molecule has 1 saturated carbocycles. The van der Waals surface area contributed by atoms with Crippen molar-refractivity contribution in [1.29, 1.82) is 0 Å². The van der Waals surface area contributed by atoms with E-state index in [0.29, 0.717) is 12.1 Å². The molecule has 192 valence electrons. The highest BCUT2D eigenvalue weighted by Crippen LogP contribution is 2.47. The van der Waals surface area contributed by atoms with E-state index in [2.05, 4.69) is 0 Å². The molecule has 3 unspecified atom stereocenters. The molecule has 3 aliphatic heterocycles. The van der Waals surface area contributed by atoms with Gasteiger partial charge in [-0.25, -0.2) is 4.79 Å². The molecule has 6 rings (SSSR count). The molecule has 1 spiro atoms. The first-order chi connectivity index (χ1) is 17.6. The van der Waals surface area contributed by atoms with Crippen molar-refractivity contribution in [2.45, 2.75) is 93.6 Å². The first kappa shape index (κ1) is 24.5. The maximum absolute atomic E-state index is 14.4. The topological polar surface area (TPSA) is 35.5 Å². The van der Waals surface area contributed by atoms with E-state index < -0.39 is 11.2 Å². The van der Waals surface area contributed by atoms with E-state index in [-0.39, 0.29) is 18.0 Å².